The monoisotopic (exact) mass is 156 g/mol. The molecule has 0 amide bonds. The van der Waals surface area contributed by atoms with Gasteiger partial charge in [0.25, 0.3) is 0 Å². The van der Waals surface area contributed by atoms with Crippen LogP contribution in [0.5, 0.6) is 0 Å². The molecule has 0 radical (unpaired) electrons. The van der Waals surface area contributed by atoms with Gasteiger partial charge >= 0.3 is 51.4 Å². The Morgan fingerprint density at radius 3 is 3.10 bits per heavy atom. The summed E-state index contributed by atoms with van der Waals surface area (Å²) in [5.74, 6) is 0. The number of aromatic nitrogens is 2. The van der Waals surface area contributed by atoms with Gasteiger partial charge in [0.05, 0.1) is 0 Å². The van der Waals surface area contributed by atoms with Crippen LogP contribution in [0.2, 0.25) is 0 Å². The normalized spacial score (nSPS) is 9.20. The summed E-state index contributed by atoms with van der Waals surface area (Å²) in [6, 6.07) is 5.85. The molecule has 44 valence electrons. The molecule has 2 heterocycles. The second-order valence-corrected chi connectivity index (χ2v) is 1.82. The summed E-state index contributed by atoms with van der Waals surface area (Å²) in [7, 11) is 0. The van der Waals surface area contributed by atoms with Crippen LogP contribution in [0.3, 0.4) is 0 Å². The van der Waals surface area contributed by atoms with E-state index < -0.39 is 0 Å². The Morgan fingerprint density at radius 2 is 2.30 bits per heavy atom. The number of nitrogens with zero attached hydrogens (tertiary/aromatic N) is 2. The number of hydrogen-bond acceptors (Lipinski definition) is 1. The molecular weight excluding hydrogens is 151 g/mol. The van der Waals surface area contributed by atoms with Gasteiger partial charge in [0.15, 0.2) is 0 Å². The van der Waals surface area contributed by atoms with Gasteiger partial charge < -0.3 is 9.38 Å². The molecule has 0 fully saturated rings. The van der Waals surface area contributed by atoms with Crippen molar-refractivity contribution in [3.8, 4) is 0 Å². The summed E-state index contributed by atoms with van der Waals surface area (Å²) in [6.45, 7) is 0. The van der Waals surface area contributed by atoms with Crippen molar-refractivity contribution in [2.24, 2.45) is 0 Å². The van der Waals surface area contributed by atoms with Crippen molar-refractivity contribution >= 4 is 5.65 Å². The number of fused-ring (bicyclic) bond motifs is 1. The van der Waals surface area contributed by atoms with E-state index in [1.165, 1.54) is 0 Å². The molecule has 2 aromatic heterocycles. The van der Waals surface area contributed by atoms with Gasteiger partial charge in [0, 0.05) is 5.65 Å². The van der Waals surface area contributed by atoms with Gasteiger partial charge in [-0.15, -0.1) is 6.07 Å². The molecule has 0 unspecified atom stereocenters. The van der Waals surface area contributed by atoms with E-state index in [2.05, 4.69) is 11.2 Å². The molecule has 0 aliphatic rings. The van der Waals surface area contributed by atoms with Gasteiger partial charge in [-0.3, -0.25) is 0 Å². The molecular formula is C7H5KN2. The molecule has 0 saturated heterocycles. The first kappa shape index (κ1) is 8.42. The Hall–Kier alpha value is 0.326. The van der Waals surface area contributed by atoms with Crippen molar-refractivity contribution in [2.75, 3.05) is 0 Å². The third-order valence-corrected chi connectivity index (χ3v) is 1.23. The molecule has 0 aliphatic heterocycles. The standard InChI is InChI=1S/C7H5N2.K/c1-2-5-9-6-4-8-7(9)3-1;/h1-5H;/q-1;+1. The minimum Gasteiger partial charge on any atom is -0.468 e. The van der Waals surface area contributed by atoms with E-state index in [0.29, 0.717) is 0 Å². The minimum atomic E-state index is 0. The van der Waals surface area contributed by atoms with E-state index in [0.717, 1.165) is 5.65 Å². The number of imidazole rings is 1. The topological polar surface area (TPSA) is 17.3 Å². The molecule has 0 N–H and O–H groups in total. The van der Waals surface area contributed by atoms with Crippen LogP contribution in [0, 0.1) is 6.20 Å². The summed E-state index contributed by atoms with van der Waals surface area (Å²) in [5, 5.41) is 0. The van der Waals surface area contributed by atoms with Crippen LogP contribution in [-0.2, 0) is 0 Å². The number of hydrogen-bond donors (Lipinski definition) is 0. The van der Waals surface area contributed by atoms with E-state index >= 15 is 0 Å². The van der Waals surface area contributed by atoms with E-state index in [9.17, 15) is 0 Å². The zero-order valence-corrected chi connectivity index (χ0v) is 8.90. The fourth-order valence-electron chi connectivity index (χ4n) is 0.806. The molecule has 0 saturated carbocycles. The summed E-state index contributed by atoms with van der Waals surface area (Å²) < 4.78 is 1.85. The van der Waals surface area contributed by atoms with Crippen molar-refractivity contribution in [3.63, 3.8) is 0 Å². The molecule has 0 spiro atoms. The van der Waals surface area contributed by atoms with E-state index in [1.54, 1.807) is 6.20 Å². The van der Waals surface area contributed by atoms with Gasteiger partial charge in [0.2, 0.25) is 0 Å². The van der Waals surface area contributed by atoms with Crippen molar-refractivity contribution < 1.29 is 51.4 Å². The Labute approximate surface area is 102 Å². The molecule has 0 atom stereocenters. The van der Waals surface area contributed by atoms with Gasteiger partial charge in [-0.2, -0.15) is 0 Å². The van der Waals surface area contributed by atoms with Crippen LogP contribution in [0.25, 0.3) is 5.65 Å². The second kappa shape index (κ2) is 3.64. The van der Waals surface area contributed by atoms with E-state index in [1.807, 2.05) is 28.8 Å². The molecule has 2 aromatic rings. The van der Waals surface area contributed by atoms with Crippen LogP contribution >= 0.6 is 0 Å². The predicted molar refractivity (Wildman–Crippen MR) is 34.0 cm³/mol. The first-order valence-electron chi connectivity index (χ1n) is 2.76. The Kier molecular flexibility index (Phi) is 3.07. The summed E-state index contributed by atoms with van der Waals surface area (Å²) in [5.41, 5.74) is 0.942. The Morgan fingerprint density at radius 1 is 1.40 bits per heavy atom. The molecule has 2 rings (SSSR count). The molecule has 3 heteroatoms. The van der Waals surface area contributed by atoms with Crippen LogP contribution in [0.4, 0.5) is 0 Å². The molecule has 2 nitrogen and oxygen atoms in total. The van der Waals surface area contributed by atoms with Crippen molar-refractivity contribution in [1.29, 1.82) is 0 Å². The largest absolute Gasteiger partial charge is 1.00 e. The Balaban J connectivity index is 0.000000500. The third-order valence-electron chi connectivity index (χ3n) is 1.23. The maximum absolute atomic E-state index is 4.03. The quantitative estimate of drug-likeness (QED) is 0.323. The maximum atomic E-state index is 4.03. The summed E-state index contributed by atoms with van der Waals surface area (Å²) >= 11 is 0. The minimum absolute atomic E-state index is 0. The zero-order chi connectivity index (χ0) is 6.10. The van der Waals surface area contributed by atoms with Gasteiger partial charge in [-0.05, 0) is 6.20 Å². The van der Waals surface area contributed by atoms with Gasteiger partial charge in [-0.25, -0.2) is 0 Å². The van der Waals surface area contributed by atoms with E-state index in [-0.39, 0.29) is 51.4 Å². The average molecular weight is 156 g/mol. The number of rotatable bonds is 0. The van der Waals surface area contributed by atoms with Crippen LogP contribution in [0.15, 0.2) is 30.6 Å². The van der Waals surface area contributed by atoms with Gasteiger partial charge in [-0.1, -0.05) is 24.5 Å². The van der Waals surface area contributed by atoms with Crippen LogP contribution < -0.4 is 51.4 Å². The third kappa shape index (κ3) is 1.49. The van der Waals surface area contributed by atoms with Crippen LogP contribution in [0.1, 0.15) is 0 Å². The first-order valence-corrected chi connectivity index (χ1v) is 2.76. The maximum Gasteiger partial charge on any atom is 1.00 e. The Bertz CT molecular complexity index is 286. The zero-order valence-electron chi connectivity index (χ0n) is 5.78. The average Bonchev–Trinajstić information content (AvgIpc) is 2.33. The predicted octanol–water partition coefficient (Wildman–Crippen LogP) is -1.86. The fraction of sp³-hybridized carbons (Fsp3) is 0. The smallest absolute Gasteiger partial charge is 0.468 e. The van der Waals surface area contributed by atoms with Crippen molar-refractivity contribution in [2.45, 2.75) is 0 Å². The molecule has 10 heavy (non-hydrogen) atoms. The van der Waals surface area contributed by atoms with Crippen LogP contribution in [-0.4, -0.2) is 9.38 Å². The fourth-order valence-corrected chi connectivity index (χ4v) is 0.806. The van der Waals surface area contributed by atoms with Gasteiger partial charge in [0.1, 0.15) is 0 Å². The molecule has 0 bridgehead atoms. The summed E-state index contributed by atoms with van der Waals surface area (Å²) in [4.78, 5) is 4.03. The van der Waals surface area contributed by atoms with Crippen molar-refractivity contribution in [3.05, 3.63) is 36.8 Å². The summed E-state index contributed by atoms with van der Waals surface area (Å²) in [6.07, 6.45) is 6.51. The molecule has 0 aromatic carbocycles. The van der Waals surface area contributed by atoms with Crippen molar-refractivity contribution in [1.82, 2.24) is 9.38 Å². The number of pyridine rings is 1. The first-order chi connectivity index (χ1) is 4.47. The second-order valence-electron chi connectivity index (χ2n) is 1.82. The van der Waals surface area contributed by atoms with E-state index in [4.69, 9.17) is 0 Å². The SMILES string of the molecule is [K+].[c-]1cnc2ccccn12. The molecule has 0 aliphatic carbocycles.